The number of allylic oxidation sites excluding steroid dienone is 1. The summed E-state index contributed by atoms with van der Waals surface area (Å²) >= 11 is 0. The molecule has 8 N–H and O–H groups in total. The van der Waals surface area contributed by atoms with E-state index in [2.05, 4.69) is 10.3 Å². The van der Waals surface area contributed by atoms with Crippen molar-refractivity contribution in [1.29, 1.82) is 0 Å². The Morgan fingerprint density at radius 3 is 2.45 bits per heavy atom. The van der Waals surface area contributed by atoms with Crippen molar-refractivity contribution in [2.75, 3.05) is 33.4 Å². The van der Waals surface area contributed by atoms with E-state index >= 15 is 0 Å². The van der Waals surface area contributed by atoms with E-state index in [9.17, 15) is 45.0 Å². The van der Waals surface area contributed by atoms with E-state index in [-0.39, 0.29) is 46.4 Å². The SMILES string of the molecule is CN[C@H](CCO)[C@@H](C(=O)O)C(=O)OC[C@@H]1O[C@H](Oc2ccc3c(=O)c(-c4ccc(O)cc4)coc3c2)[C@@H](O[NH+]2CC3=CC=NC3=C2c2cc(C)cc(C)c2)[C@H](O)[C@]1(O)CO. The van der Waals surface area contributed by atoms with E-state index in [0.717, 1.165) is 22.3 Å². The van der Waals surface area contributed by atoms with Gasteiger partial charge in [0.15, 0.2) is 17.0 Å². The highest BCUT2D eigenvalue weighted by molar-refractivity contribution is 5.95. The summed E-state index contributed by atoms with van der Waals surface area (Å²) in [6.07, 6.45) is -2.19. The summed E-state index contributed by atoms with van der Waals surface area (Å²) in [5.41, 5.74) is 2.85. The molecule has 3 aromatic carbocycles. The maximum atomic E-state index is 13.5. The number of carbonyl (C=O) groups excluding carboxylic acids is 1. The smallest absolute Gasteiger partial charge is 0.322 e. The van der Waals surface area contributed by atoms with Gasteiger partial charge in [0.2, 0.25) is 12.4 Å². The first-order valence-electron chi connectivity index (χ1n) is 19.2. The summed E-state index contributed by atoms with van der Waals surface area (Å²) in [7, 11) is 1.42. The lowest BCUT2D eigenvalue weighted by Crippen LogP contribution is -3.08. The van der Waals surface area contributed by atoms with Crippen molar-refractivity contribution >= 4 is 34.8 Å². The lowest BCUT2D eigenvalue weighted by Gasteiger charge is -2.47. The Hall–Kier alpha value is -5.76. The summed E-state index contributed by atoms with van der Waals surface area (Å²) in [5.74, 6) is -4.43. The number of aryl methyl sites for hydroxylation is 2. The lowest BCUT2D eigenvalue weighted by molar-refractivity contribution is -1.04. The molecular formula is C43H46N3O14+. The quantitative estimate of drug-likeness (QED) is 0.0609. The van der Waals surface area contributed by atoms with E-state index in [1.807, 2.05) is 38.1 Å². The first-order chi connectivity index (χ1) is 28.8. The van der Waals surface area contributed by atoms with Crippen LogP contribution in [0.5, 0.6) is 11.5 Å². The first kappa shape index (κ1) is 42.4. The second-order valence-electron chi connectivity index (χ2n) is 15.0. The highest BCUT2D eigenvalue weighted by Gasteiger charge is 2.59. The Morgan fingerprint density at radius 2 is 1.78 bits per heavy atom. The van der Waals surface area contributed by atoms with E-state index in [1.54, 1.807) is 18.3 Å². The number of aliphatic imine (C=N–C) groups is 1. The van der Waals surface area contributed by atoms with Gasteiger partial charge in [-0.1, -0.05) is 29.3 Å². The number of esters is 1. The highest BCUT2D eigenvalue weighted by atomic mass is 16.8. The molecule has 0 radical (unpaired) electrons. The summed E-state index contributed by atoms with van der Waals surface area (Å²) in [5, 5.41) is 66.9. The highest BCUT2D eigenvalue weighted by Crippen LogP contribution is 2.35. The number of hydrogen-bond acceptors (Lipinski definition) is 15. The summed E-state index contributed by atoms with van der Waals surface area (Å²) in [4.78, 5) is 50.1. The molecule has 7 rings (SSSR count). The number of carbonyl (C=O) groups is 2. The fourth-order valence-electron chi connectivity index (χ4n) is 7.84. The normalized spacial score (nSPS) is 24.6. The van der Waals surface area contributed by atoms with Crippen molar-refractivity contribution < 1.29 is 68.8 Å². The Balaban J connectivity index is 1.23. The zero-order valence-electron chi connectivity index (χ0n) is 32.9. The Kier molecular flexibility index (Phi) is 12.3. The lowest BCUT2D eigenvalue weighted by atomic mass is 9.85. The molecule has 0 saturated carbocycles. The molecule has 0 aliphatic carbocycles. The van der Waals surface area contributed by atoms with Crippen LogP contribution in [0.15, 0.2) is 98.5 Å². The van der Waals surface area contributed by atoms with Crippen LogP contribution in [0.3, 0.4) is 0 Å². The molecule has 4 aromatic rings. The van der Waals surface area contributed by atoms with Crippen LogP contribution in [0, 0.1) is 19.8 Å². The number of phenolic OH excluding ortho intramolecular Hbond substituents is 1. The maximum Gasteiger partial charge on any atom is 0.322 e. The standard InChI is InChI=1S/C43H45N3O14/c1-22-14-23(2)16-26(15-22)36-35-25(10-12-45-35)18-46(36)60-38-39(51)43(55,21-48)33(20-57-41(54)34(40(52)53)31(44-3)11-13-47)59-42(38)58-28-8-9-29-32(17-28)56-19-30(37(29)50)24-4-6-27(49)7-5-24/h4-10,12,14-17,19,31,33-34,38-39,42,44,47-49,51,55H,11,13,18,20-21H2,1-3H3,(H,52,53)/p+1/t31-,33+,34+,38+,39+,42+,43+/m1/s1. The Labute approximate surface area is 343 Å². The largest absolute Gasteiger partial charge is 0.508 e. The average Bonchev–Trinajstić information content (AvgIpc) is 3.81. The van der Waals surface area contributed by atoms with Gasteiger partial charge in [0.05, 0.1) is 17.6 Å². The third kappa shape index (κ3) is 8.21. The monoisotopic (exact) mass is 828 g/mol. The first-order valence-corrected chi connectivity index (χ1v) is 19.2. The van der Waals surface area contributed by atoms with Crippen molar-refractivity contribution in [2.45, 2.75) is 56.5 Å². The molecular weight excluding hydrogens is 782 g/mol. The molecule has 0 spiro atoms. The molecule has 1 fully saturated rings. The van der Waals surface area contributed by atoms with Crippen molar-refractivity contribution in [3.05, 3.63) is 111 Å². The zero-order valence-corrected chi connectivity index (χ0v) is 32.9. The van der Waals surface area contributed by atoms with Gasteiger partial charge in [0.1, 0.15) is 60.0 Å². The van der Waals surface area contributed by atoms with Crippen LogP contribution in [0.2, 0.25) is 0 Å². The zero-order chi connectivity index (χ0) is 42.9. The number of rotatable bonds is 15. The van der Waals surface area contributed by atoms with Gasteiger partial charge in [0.25, 0.3) is 0 Å². The van der Waals surface area contributed by atoms with Gasteiger partial charge in [-0.15, -0.1) is 0 Å². The van der Waals surface area contributed by atoms with Crippen molar-refractivity contribution in [2.24, 2.45) is 10.9 Å². The van der Waals surface area contributed by atoms with Gasteiger partial charge in [0, 0.05) is 36.1 Å². The molecule has 3 aliphatic rings. The number of nitrogens with zero attached hydrogens (tertiary/aromatic N) is 1. The third-order valence-electron chi connectivity index (χ3n) is 10.9. The van der Waals surface area contributed by atoms with Crippen LogP contribution >= 0.6 is 0 Å². The predicted molar refractivity (Wildman–Crippen MR) is 214 cm³/mol. The van der Waals surface area contributed by atoms with Crippen LogP contribution in [0.4, 0.5) is 0 Å². The van der Waals surface area contributed by atoms with Crippen molar-refractivity contribution in [3.8, 4) is 22.6 Å². The third-order valence-corrected chi connectivity index (χ3v) is 10.9. The number of phenols is 1. The molecule has 0 amide bonds. The number of aromatic hydroxyl groups is 1. The molecule has 1 unspecified atom stereocenters. The summed E-state index contributed by atoms with van der Waals surface area (Å²) < 4.78 is 23.8. The van der Waals surface area contributed by atoms with Crippen LogP contribution in [0.1, 0.15) is 23.1 Å². The number of quaternary nitrogens is 1. The van der Waals surface area contributed by atoms with Gasteiger partial charge < -0.3 is 54.6 Å². The Morgan fingerprint density at radius 1 is 1.05 bits per heavy atom. The molecule has 17 nitrogen and oxygen atoms in total. The number of carboxylic acid groups (broad SMARTS) is 1. The van der Waals surface area contributed by atoms with Crippen molar-refractivity contribution in [1.82, 2.24) is 5.32 Å². The summed E-state index contributed by atoms with van der Waals surface area (Å²) in [6.45, 7) is 1.76. The molecule has 3 aliphatic heterocycles. The van der Waals surface area contributed by atoms with E-state index in [0.29, 0.717) is 22.0 Å². The van der Waals surface area contributed by atoms with Crippen LogP contribution in [0.25, 0.3) is 27.8 Å². The molecule has 17 heteroatoms. The van der Waals surface area contributed by atoms with Gasteiger partial charge in [-0.25, -0.2) is 4.99 Å². The Bertz CT molecular complexity index is 2410. The minimum absolute atomic E-state index is 0.0312. The van der Waals surface area contributed by atoms with Crippen LogP contribution in [-0.4, -0.2) is 118 Å². The fraction of sp³-hybridized carbons (Fsp3) is 0.349. The number of hydroxylamine groups is 2. The van der Waals surface area contributed by atoms with Crippen LogP contribution in [-0.2, 0) is 23.9 Å². The molecule has 0 bridgehead atoms. The van der Waals surface area contributed by atoms with E-state index in [1.165, 1.54) is 43.6 Å². The molecule has 60 heavy (non-hydrogen) atoms. The number of benzene rings is 3. The molecule has 1 aromatic heterocycles. The molecule has 8 atom stereocenters. The number of ether oxygens (including phenoxy) is 3. The second kappa shape index (κ2) is 17.5. The maximum absolute atomic E-state index is 13.5. The second-order valence-corrected chi connectivity index (χ2v) is 15.0. The number of aliphatic hydroxyl groups is 4. The predicted octanol–water partition coefficient (Wildman–Crippen LogP) is 0.763. The molecule has 1 saturated heterocycles. The number of nitrogens with one attached hydrogen (secondary N) is 2. The number of fused-ring (bicyclic) bond motifs is 2. The van der Waals surface area contributed by atoms with Gasteiger partial charge >= 0.3 is 11.9 Å². The van der Waals surface area contributed by atoms with E-state index < -0.39 is 73.9 Å². The minimum atomic E-state index is -2.56. The van der Waals surface area contributed by atoms with Gasteiger partial charge in [-0.2, -0.15) is 9.90 Å². The number of aliphatic carboxylic acids is 1. The average molecular weight is 829 g/mol. The molecule has 4 heterocycles. The number of aliphatic hydroxyl groups excluding tert-OH is 3. The summed E-state index contributed by atoms with van der Waals surface area (Å²) in [6, 6.07) is 15.3. The van der Waals surface area contributed by atoms with Gasteiger partial charge in [-0.05, 0) is 75.4 Å². The minimum Gasteiger partial charge on any atom is -0.508 e. The topological polar surface area (TPSA) is 251 Å². The van der Waals surface area contributed by atoms with Crippen LogP contribution < -0.4 is 20.5 Å². The molecule has 316 valence electrons. The van der Waals surface area contributed by atoms with E-state index in [4.69, 9.17) is 23.5 Å². The number of carboxylic acids is 1. The fourth-order valence-corrected chi connectivity index (χ4v) is 7.84. The van der Waals surface area contributed by atoms with Crippen molar-refractivity contribution in [3.63, 3.8) is 0 Å². The number of hydrogen-bond donors (Lipinski definition) is 8. The van der Waals surface area contributed by atoms with Gasteiger partial charge in [-0.3, -0.25) is 14.4 Å².